The fourth-order valence-electron chi connectivity index (χ4n) is 4.87. The van der Waals surface area contributed by atoms with Gasteiger partial charge in [0.25, 0.3) is 0 Å². The fourth-order valence-corrected chi connectivity index (χ4v) is 5.84. The Kier molecular flexibility index (Phi) is 28.0. The summed E-state index contributed by atoms with van der Waals surface area (Å²) in [5.41, 5.74) is 0.675. The summed E-state index contributed by atoms with van der Waals surface area (Å²) in [5.74, 6) is 0.788. The summed E-state index contributed by atoms with van der Waals surface area (Å²) >= 11 is 1.19. The Morgan fingerprint density at radius 3 is 1.69 bits per heavy atom. The number of Topliss-reactive ketones (excluding diaryl/α,β-unsaturated/α-hetero) is 1. The largest absolute Gasteiger partial charge is 0.487 e. The first-order valence-corrected chi connectivity index (χ1v) is 21.0. The molecule has 0 saturated carbocycles. The zero-order valence-electron chi connectivity index (χ0n) is 34.6. The zero-order valence-corrected chi connectivity index (χ0v) is 35.4. The van der Waals surface area contributed by atoms with Gasteiger partial charge in [-0.25, -0.2) is 9.59 Å². The highest BCUT2D eigenvalue weighted by atomic mass is 32.2. The van der Waals surface area contributed by atoms with Crippen molar-refractivity contribution in [2.45, 2.75) is 52.3 Å². The number of hydrogen-bond donors (Lipinski definition) is 4. The molecule has 1 saturated heterocycles. The van der Waals surface area contributed by atoms with Gasteiger partial charge >= 0.3 is 12.1 Å². The van der Waals surface area contributed by atoms with E-state index in [1.54, 1.807) is 18.2 Å². The van der Waals surface area contributed by atoms with Crippen LogP contribution < -0.4 is 30.7 Å². The number of urea groups is 2. The Hall–Kier alpha value is -3.72. The molecule has 1 fully saturated rings. The van der Waals surface area contributed by atoms with Crippen LogP contribution >= 0.6 is 11.8 Å². The van der Waals surface area contributed by atoms with E-state index in [1.165, 1.54) is 23.6 Å². The van der Waals surface area contributed by atoms with Gasteiger partial charge in [-0.3, -0.25) is 19.3 Å². The number of thioether (sulfide) groups is 1. The van der Waals surface area contributed by atoms with Gasteiger partial charge in [0, 0.05) is 32.6 Å². The summed E-state index contributed by atoms with van der Waals surface area (Å²) in [5, 5.41) is 10.4. The van der Waals surface area contributed by atoms with E-state index in [9.17, 15) is 24.0 Å². The van der Waals surface area contributed by atoms with Crippen LogP contribution in [0.3, 0.4) is 0 Å². The quantitative estimate of drug-likeness (QED) is 0.0571. The number of nitrogens with zero attached hydrogens (tertiary/aromatic N) is 1. The number of imide groups is 1. The average molecular weight is 844 g/mol. The number of likely N-dealkylation sites (tertiary alicyclic amines) is 1. The topological polar surface area (TPSA) is 211 Å². The number of benzene rings is 1. The van der Waals surface area contributed by atoms with Crippen LogP contribution in [-0.2, 0) is 49.3 Å². The molecule has 1 aliphatic rings. The third kappa shape index (κ3) is 24.3. The first-order chi connectivity index (χ1) is 28.1. The van der Waals surface area contributed by atoms with Crippen LogP contribution in [0.2, 0.25) is 0 Å². The molecule has 18 nitrogen and oxygen atoms in total. The van der Waals surface area contributed by atoms with E-state index in [4.69, 9.17) is 37.9 Å². The number of amides is 6. The van der Waals surface area contributed by atoms with E-state index < -0.39 is 5.25 Å². The van der Waals surface area contributed by atoms with E-state index in [-0.39, 0.29) is 68.2 Å². The Balaban J connectivity index is 1.70. The van der Waals surface area contributed by atoms with E-state index in [0.717, 1.165) is 6.42 Å². The molecule has 1 aromatic rings. The van der Waals surface area contributed by atoms with Crippen LogP contribution in [0.15, 0.2) is 18.2 Å². The predicted molar refractivity (Wildman–Crippen MR) is 217 cm³/mol. The molecule has 0 aromatic heterocycles. The lowest BCUT2D eigenvalue weighted by atomic mass is 10.2. The number of carbonyl (C=O) groups is 5. The van der Waals surface area contributed by atoms with Gasteiger partial charge in [-0.1, -0.05) is 26.8 Å². The van der Waals surface area contributed by atoms with Crippen molar-refractivity contribution in [3.63, 3.8) is 0 Å². The summed E-state index contributed by atoms with van der Waals surface area (Å²) in [4.78, 5) is 61.4. The van der Waals surface area contributed by atoms with Gasteiger partial charge in [0.05, 0.1) is 96.8 Å². The fraction of sp³-hybridized carbons (Fsp3) is 0.718. The number of carbonyl (C=O) groups excluding carboxylic acids is 5. The van der Waals surface area contributed by atoms with E-state index in [0.29, 0.717) is 122 Å². The maximum atomic E-state index is 13.0. The van der Waals surface area contributed by atoms with Gasteiger partial charge in [-0.15, -0.1) is 11.8 Å². The molecular weight excluding hydrogens is 779 g/mol. The van der Waals surface area contributed by atoms with Crippen molar-refractivity contribution in [3.05, 3.63) is 23.8 Å². The third-order valence-corrected chi connectivity index (χ3v) is 9.11. The summed E-state index contributed by atoms with van der Waals surface area (Å²) < 4.78 is 45.2. The van der Waals surface area contributed by atoms with Crippen LogP contribution in [0.4, 0.5) is 9.59 Å². The molecule has 0 spiro atoms. The van der Waals surface area contributed by atoms with Crippen molar-refractivity contribution in [2.75, 3.05) is 124 Å². The van der Waals surface area contributed by atoms with Crippen molar-refractivity contribution in [3.8, 4) is 11.5 Å². The molecule has 0 radical (unpaired) electrons. The number of ether oxygens (including phenoxy) is 8. The minimum absolute atomic E-state index is 0.0522. The number of hydrogen-bond acceptors (Lipinski definition) is 14. The second-order valence-electron chi connectivity index (χ2n) is 13.4. The van der Waals surface area contributed by atoms with Crippen LogP contribution in [-0.4, -0.2) is 164 Å². The Labute approximate surface area is 346 Å². The summed E-state index contributed by atoms with van der Waals surface area (Å²) in [7, 11) is 0. The zero-order chi connectivity index (χ0) is 42.2. The lowest BCUT2D eigenvalue weighted by Gasteiger charge is -2.18. The summed E-state index contributed by atoms with van der Waals surface area (Å²) in [6.07, 6.45) is 0.933. The van der Waals surface area contributed by atoms with Crippen LogP contribution in [0.5, 0.6) is 11.5 Å². The minimum Gasteiger partial charge on any atom is -0.487 e. The average Bonchev–Trinajstić information content (AvgIpc) is 3.46. The summed E-state index contributed by atoms with van der Waals surface area (Å²) in [6, 6.07) is 4.81. The van der Waals surface area contributed by atoms with Crippen molar-refractivity contribution in [1.82, 2.24) is 26.2 Å². The molecular formula is C39H65N5O13S. The summed E-state index contributed by atoms with van der Waals surface area (Å²) in [6.45, 7) is 14.4. The molecule has 4 N–H and O–H groups in total. The first-order valence-electron chi connectivity index (χ1n) is 19.9. The molecule has 330 valence electrons. The van der Waals surface area contributed by atoms with E-state index in [2.05, 4.69) is 21.3 Å². The van der Waals surface area contributed by atoms with Gasteiger partial charge in [0.2, 0.25) is 11.8 Å². The second-order valence-corrected chi connectivity index (χ2v) is 14.6. The maximum absolute atomic E-state index is 13.0. The number of rotatable bonds is 35. The van der Waals surface area contributed by atoms with Gasteiger partial charge in [-0.05, 0) is 37.0 Å². The van der Waals surface area contributed by atoms with Crippen molar-refractivity contribution >= 4 is 41.4 Å². The van der Waals surface area contributed by atoms with Gasteiger partial charge in [-0.2, -0.15) is 0 Å². The third-order valence-electron chi connectivity index (χ3n) is 7.77. The number of nitrogens with one attached hydrogen (secondary N) is 4. The lowest BCUT2D eigenvalue weighted by molar-refractivity contribution is -0.138. The van der Waals surface area contributed by atoms with Gasteiger partial charge in [0.15, 0.2) is 11.5 Å². The normalized spacial score (nSPS) is 13.9. The first kappa shape index (κ1) is 50.4. The predicted octanol–water partition coefficient (Wildman–Crippen LogP) is 2.16. The second kappa shape index (κ2) is 32.2. The van der Waals surface area contributed by atoms with Crippen LogP contribution in [0.1, 0.15) is 46.1 Å². The maximum Gasteiger partial charge on any atom is 0.314 e. The molecule has 1 aromatic carbocycles. The Bertz CT molecular complexity index is 1340. The molecule has 1 aliphatic heterocycles. The number of ketones is 1. The smallest absolute Gasteiger partial charge is 0.314 e. The van der Waals surface area contributed by atoms with Crippen LogP contribution in [0.25, 0.3) is 0 Å². The SMILES string of the molecule is CCCNC(=O)NCCOCCOCCOCCOc1ccc(CN2C(=O)CC(SCC(C)=O)C2=O)cc1OCCOCCOCCOCCNC(=O)NCC(C)C. The molecule has 19 heteroatoms. The van der Waals surface area contributed by atoms with E-state index >= 15 is 0 Å². The van der Waals surface area contributed by atoms with Crippen LogP contribution in [0, 0.1) is 5.92 Å². The van der Waals surface area contributed by atoms with Gasteiger partial charge < -0.3 is 59.2 Å². The Morgan fingerprint density at radius 2 is 1.17 bits per heavy atom. The van der Waals surface area contributed by atoms with Gasteiger partial charge in [0.1, 0.15) is 19.0 Å². The van der Waals surface area contributed by atoms with Crippen molar-refractivity contribution in [1.29, 1.82) is 0 Å². The molecule has 6 amide bonds. The molecule has 58 heavy (non-hydrogen) atoms. The molecule has 2 rings (SSSR count). The van der Waals surface area contributed by atoms with Crippen molar-refractivity contribution in [2.24, 2.45) is 5.92 Å². The molecule has 0 aliphatic carbocycles. The van der Waals surface area contributed by atoms with Crippen molar-refractivity contribution < 1.29 is 61.9 Å². The highest BCUT2D eigenvalue weighted by molar-refractivity contribution is 8.01. The standard InChI is InChI=1S/C39H65N5O13S/c1-5-8-40-38(48)41-9-11-50-13-15-52-17-19-54-21-23-56-33-7-6-32(28-44-36(46)26-35(37(44)47)58-29-31(4)45)25-34(33)57-24-22-55-20-18-53-16-14-51-12-10-42-39(49)43-27-30(2)3/h6-7,25,30,35H,5,8-24,26-29H2,1-4H3,(H2,40,41,48)(H2,42,43,49). The lowest BCUT2D eigenvalue weighted by Crippen LogP contribution is -2.39. The highest BCUT2D eigenvalue weighted by Crippen LogP contribution is 2.31. The molecule has 1 unspecified atom stereocenters. The minimum atomic E-state index is -0.572. The molecule has 1 atom stereocenters. The highest BCUT2D eigenvalue weighted by Gasteiger charge is 2.39. The monoisotopic (exact) mass is 843 g/mol. The van der Waals surface area contributed by atoms with E-state index in [1.807, 2.05) is 20.8 Å². The molecule has 0 bridgehead atoms. The Morgan fingerprint density at radius 1 is 0.690 bits per heavy atom. The molecule has 1 heterocycles.